The molecule has 1 N–H and O–H groups in total. The third kappa shape index (κ3) is 3.51. The summed E-state index contributed by atoms with van der Waals surface area (Å²) >= 11 is 0. The van der Waals surface area contributed by atoms with Crippen molar-refractivity contribution in [1.29, 1.82) is 0 Å². The second kappa shape index (κ2) is 5.70. The molecule has 5 nitrogen and oxygen atoms in total. The van der Waals surface area contributed by atoms with E-state index in [1.54, 1.807) is 0 Å². The molecular formula is C10H20N4O. The van der Waals surface area contributed by atoms with Crippen molar-refractivity contribution >= 4 is 5.95 Å². The Morgan fingerprint density at radius 3 is 2.80 bits per heavy atom. The highest BCUT2D eigenvalue weighted by Gasteiger charge is 2.11. The second-order valence-electron chi connectivity index (χ2n) is 3.67. The van der Waals surface area contributed by atoms with Crippen LogP contribution in [0.5, 0.6) is 0 Å². The molecule has 1 heterocycles. The lowest BCUT2D eigenvalue weighted by Crippen LogP contribution is -2.27. The third-order valence-electron chi connectivity index (χ3n) is 2.31. The maximum atomic E-state index is 5.16. The van der Waals surface area contributed by atoms with E-state index in [9.17, 15) is 0 Å². The van der Waals surface area contributed by atoms with Crippen LogP contribution in [0.25, 0.3) is 0 Å². The van der Waals surface area contributed by atoms with E-state index in [0.29, 0.717) is 17.9 Å². The van der Waals surface area contributed by atoms with E-state index in [0.717, 1.165) is 19.5 Å². The normalized spacial score (nSPS) is 12.8. The SMILES string of the molecule is CCNC(C)Cc1nc(N(C)CC)no1. The minimum atomic E-state index is 0.371. The summed E-state index contributed by atoms with van der Waals surface area (Å²) < 4.78 is 5.16. The average molecular weight is 212 g/mol. The summed E-state index contributed by atoms with van der Waals surface area (Å²) in [5.74, 6) is 1.36. The monoisotopic (exact) mass is 212 g/mol. The first-order valence-corrected chi connectivity index (χ1v) is 5.44. The molecule has 0 fully saturated rings. The molecule has 1 aromatic heterocycles. The summed E-state index contributed by atoms with van der Waals surface area (Å²) in [4.78, 5) is 6.26. The predicted molar refractivity (Wildman–Crippen MR) is 60.1 cm³/mol. The Balaban J connectivity index is 2.52. The number of aromatic nitrogens is 2. The van der Waals surface area contributed by atoms with E-state index in [1.165, 1.54) is 0 Å². The quantitative estimate of drug-likeness (QED) is 0.764. The number of rotatable bonds is 6. The standard InChI is InChI=1S/C10H20N4O/c1-5-11-8(3)7-9-12-10(13-15-9)14(4)6-2/h8,11H,5-7H2,1-4H3. The van der Waals surface area contributed by atoms with Crippen LogP contribution in [-0.2, 0) is 6.42 Å². The Hall–Kier alpha value is -1.10. The second-order valence-corrected chi connectivity index (χ2v) is 3.67. The van der Waals surface area contributed by atoms with E-state index in [-0.39, 0.29) is 0 Å². The van der Waals surface area contributed by atoms with Crippen LogP contribution in [0.3, 0.4) is 0 Å². The summed E-state index contributed by atoms with van der Waals surface area (Å²) in [6.45, 7) is 8.08. The van der Waals surface area contributed by atoms with Crippen molar-refractivity contribution < 1.29 is 4.52 Å². The van der Waals surface area contributed by atoms with Crippen molar-refractivity contribution in [3.05, 3.63) is 5.89 Å². The molecule has 0 aliphatic heterocycles. The van der Waals surface area contributed by atoms with Gasteiger partial charge in [-0.15, -0.1) is 0 Å². The largest absolute Gasteiger partial charge is 0.342 e. The minimum absolute atomic E-state index is 0.371. The van der Waals surface area contributed by atoms with Gasteiger partial charge in [0.2, 0.25) is 5.89 Å². The maximum absolute atomic E-state index is 5.16. The number of nitrogens with zero attached hydrogens (tertiary/aromatic N) is 3. The molecule has 15 heavy (non-hydrogen) atoms. The molecule has 5 heteroatoms. The molecule has 1 atom stereocenters. The lowest BCUT2D eigenvalue weighted by atomic mass is 10.2. The van der Waals surface area contributed by atoms with Crippen LogP contribution in [0.15, 0.2) is 4.52 Å². The van der Waals surface area contributed by atoms with Crippen LogP contribution in [0.4, 0.5) is 5.95 Å². The van der Waals surface area contributed by atoms with Crippen LogP contribution in [0.2, 0.25) is 0 Å². The van der Waals surface area contributed by atoms with E-state index in [1.807, 2.05) is 11.9 Å². The van der Waals surface area contributed by atoms with Crippen LogP contribution in [0, 0.1) is 0 Å². The van der Waals surface area contributed by atoms with Gasteiger partial charge in [-0.25, -0.2) is 0 Å². The Labute approximate surface area is 90.8 Å². The molecule has 1 unspecified atom stereocenters. The number of likely N-dealkylation sites (N-methyl/N-ethyl adjacent to an activating group) is 1. The molecule has 1 aromatic rings. The Morgan fingerprint density at radius 1 is 1.47 bits per heavy atom. The van der Waals surface area contributed by atoms with Gasteiger partial charge in [0, 0.05) is 26.1 Å². The minimum Gasteiger partial charge on any atom is -0.342 e. The first-order chi connectivity index (χ1) is 7.17. The molecule has 0 bridgehead atoms. The molecule has 0 aliphatic carbocycles. The van der Waals surface area contributed by atoms with Gasteiger partial charge in [0.05, 0.1) is 0 Å². The fraction of sp³-hybridized carbons (Fsp3) is 0.800. The fourth-order valence-corrected chi connectivity index (χ4v) is 1.31. The van der Waals surface area contributed by atoms with Gasteiger partial charge in [0.15, 0.2) is 0 Å². The van der Waals surface area contributed by atoms with Gasteiger partial charge >= 0.3 is 0 Å². The molecule has 1 rings (SSSR count). The highest BCUT2D eigenvalue weighted by molar-refractivity contribution is 5.25. The van der Waals surface area contributed by atoms with Crippen LogP contribution >= 0.6 is 0 Å². The third-order valence-corrected chi connectivity index (χ3v) is 2.31. The maximum Gasteiger partial charge on any atom is 0.265 e. The van der Waals surface area contributed by atoms with E-state index < -0.39 is 0 Å². The predicted octanol–water partition coefficient (Wildman–Crippen LogP) is 1.07. The Kier molecular flexibility index (Phi) is 4.55. The van der Waals surface area contributed by atoms with Gasteiger partial charge < -0.3 is 14.7 Å². The molecule has 0 aliphatic rings. The summed E-state index contributed by atoms with van der Waals surface area (Å²) in [6.07, 6.45) is 0.776. The molecule has 0 saturated heterocycles. The van der Waals surface area contributed by atoms with Gasteiger partial charge in [-0.3, -0.25) is 0 Å². The first kappa shape index (κ1) is 12.0. The summed E-state index contributed by atoms with van der Waals surface area (Å²) in [5, 5.41) is 7.22. The van der Waals surface area contributed by atoms with Crippen LogP contribution in [0.1, 0.15) is 26.7 Å². The fourth-order valence-electron chi connectivity index (χ4n) is 1.31. The zero-order valence-corrected chi connectivity index (χ0v) is 9.95. The zero-order chi connectivity index (χ0) is 11.3. The van der Waals surface area contributed by atoms with Gasteiger partial charge in [-0.05, 0) is 25.5 Å². The summed E-state index contributed by atoms with van der Waals surface area (Å²) in [7, 11) is 1.95. The van der Waals surface area contributed by atoms with E-state index >= 15 is 0 Å². The molecular weight excluding hydrogens is 192 g/mol. The van der Waals surface area contributed by atoms with Crippen molar-refractivity contribution in [2.75, 3.05) is 25.0 Å². The van der Waals surface area contributed by atoms with Crippen molar-refractivity contribution in [3.8, 4) is 0 Å². The molecule has 86 valence electrons. The van der Waals surface area contributed by atoms with Crippen molar-refractivity contribution in [2.24, 2.45) is 0 Å². The zero-order valence-electron chi connectivity index (χ0n) is 9.95. The van der Waals surface area contributed by atoms with Crippen LogP contribution in [-0.4, -0.2) is 36.3 Å². The Bertz CT molecular complexity index is 287. The molecule has 0 radical (unpaired) electrons. The van der Waals surface area contributed by atoms with Gasteiger partial charge in [-0.1, -0.05) is 6.92 Å². The van der Waals surface area contributed by atoms with Crippen molar-refractivity contribution in [1.82, 2.24) is 15.5 Å². The molecule has 0 spiro atoms. The lowest BCUT2D eigenvalue weighted by Gasteiger charge is -2.09. The lowest BCUT2D eigenvalue weighted by molar-refractivity contribution is 0.362. The van der Waals surface area contributed by atoms with E-state index in [4.69, 9.17) is 4.52 Å². The van der Waals surface area contributed by atoms with Crippen molar-refractivity contribution in [2.45, 2.75) is 33.2 Å². The highest BCUT2D eigenvalue weighted by atomic mass is 16.5. The number of hydrogen-bond acceptors (Lipinski definition) is 5. The van der Waals surface area contributed by atoms with Gasteiger partial charge in [0.25, 0.3) is 5.95 Å². The van der Waals surface area contributed by atoms with Gasteiger partial charge in [-0.2, -0.15) is 4.98 Å². The molecule has 0 saturated carbocycles. The summed E-state index contributed by atoms with van der Waals surface area (Å²) in [5.41, 5.74) is 0. The van der Waals surface area contributed by atoms with Gasteiger partial charge in [0.1, 0.15) is 0 Å². The van der Waals surface area contributed by atoms with Crippen LogP contribution < -0.4 is 10.2 Å². The summed E-state index contributed by atoms with van der Waals surface area (Å²) in [6, 6.07) is 0.371. The number of nitrogens with one attached hydrogen (secondary N) is 1. The topological polar surface area (TPSA) is 54.2 Å². The Morgan fingerprint density at radius 2 is 2.20 bits per heavy atom. The average Bonchev–Trinajstić information content (AvgIpc) is 2.65. The van der Waals surface area contributed by atoms with E-state index in [2.05, 4.69) is 36.2 Å². The van der Waals surface area contributed by atoms with Crippen molar-refractivity contribution in [3.63, 3.8) is 0 Å². The molecule has 0 amide bonds. The number of hydrogen-bond donors (Lipinski definition) is 1. The highest BCUT2D eigenvalue weighted by Crippen LogP contribution is 2.08. The number of anilines is 1. The first-order valence-electron chi connectivity index (χ1n) is 5.44. The molecule has 0 aromatic carbocycles. The smallest absolute Gasteiger partial charge is 0.265 e.